The van der Waals surface area contributed by atoms with E-state index in [2.05, 4.69) is 25.6 Å². The SMILES string of the molecule is CCn1ncc(Cn2cc(NC(=O)c3cnn4c(C(F)F)cc(-c5ccccc5)nc34)cn2)c1C. The number of aromatic nitrogens is 7. The highest BCUT2D eigenvalue weighted by molar-refractivity contribution is 6.08. The molecule has 0 bridgehead atoms. The van der Waals surface area contributed by atoms with Crippen molar-refractivity contribution < 1.29 is 13.6 Å². The van der Waals surface area contributed by atoms with Crippen molar-refractivity contribution in [1.29, 1.82) is 0 Å². The normalized spacial score (nSPS) is 11.5. The van der Waals surface area contributed by atoms with Gasteiger partial charge in [-0.05, 0) is 19.9 Å². The van der Waals surface area contributed by atoms with Crippen LogP contribution in [0, 0.1) is 6.92 Å². The fourth-order valence-corrected chi connectivity index (χ4v) is 3.91. The first-order chi connectivity index (χ1) is 16.9. The lowest BCUT2D eigenvalue weighted by Gasteiger charge is -2.08. The Bertz CT molecular complexity index is 1500. The van der Waals surface area contributed by atoms with Gasteiger partial charge in [0.15, 0.2) is 5.65 Å². The predicted molar refractivity (Wildman–Crippen MR) is 125 cm³/mol. The highest BCUT2D eigenvalue weighted by atomic mass is 19.3. The van der Waals surface area contributed by atoms with Crippen molar-refractivity contribution >= 4 is 17.2 Å². The number of carbonyl (C=O) groups is 1. The largest absolute Gasteiger partial charge is 0.319 e. The summed E-state index contributed by atoms with van der Waals surface area (Å²) in [6.07, 6.45) is 3.47. The van der Waals surface area contributed by atoms with Gasteiger partial charge in [0.1, 0.15) is 11.3 Å². The van der Waals surface area contributed by atoms with Crippen molar-refractivity contribution in [2.75, 3.05) is 5.32 Å². The first-order valence-corrected chi connectivity index (χ1v) is 11.0. The molecule has 35 heavy (non-hydrogen) atoms. The molecule has 0 aliphatic carbocycles. The van der Waals surface area contributed by atoms with E-state index in [0.717, 1.165) is 22.3 Å². The van der Waals surface area contributed by atoms with E-state index in [1.807, 2.05) is 24.6 Å². The average Bonchev–Trinajstić information content (AvgIpc) is 3.58. The molecular formula is C24H22F2N8O. The van der Waals surface area contributed by atoms with Crippen LogP contribution in [-0.4, -0.2) is 40.1 Å². The quantitative estimate of drug-likeness (QED) is 0.377. The Morgan fingerprint density at radius 2 is 1.89 bits per heavy atom. The summed E-state index contributed by atoms with van der Waals surface area (Å²) in [6, 6.07) is 10.2. The fraction of sp³-hybridized carbons (Fsp3) is 0.208. The Balaban J connectivity index is 1.42. The Kier molecular flexibility index (Phi) is 5.81. The van der Waals surface area contributed by atoms with Gasteiger partial charge in [-0.25, -0.2) is 18.3 Å². The zero-order chi connectivity index (χ0) is 24.5. The first-order valence-electron chi connectivity index (χ1n) is 11.0. The second-order valence-corrected chi connectivity index (χ2v) is 7.98. The maximum atomic E-state index is 13.8. The second-order valence-electron chi connectivity index (χ2n) is 7.98. The van der Waals surface area contributed by atoms with E-state index in [1.54, 1.807) is 41.3 Å². The van der Waals surface area contributed by atoms with E-state index in [-0.39, 0.29) is 16.9 Å². The van der Waals surface area contributed by atoms with Crippen molar-refractivity contribution in [3.63, 3.8) is 0 Å². The maximum Gasteiger partial charge on any atom is 0.280 e. The number of benzene rings is 1. The summed E-state index contributed by atoms with van der Waals surface area (Å²) in [7, 11) is 0. The molecule has 4 heterocycles. The number of alkyl halides is 2. The summed E-state index contributed by atoms with van der Waals surface area (Å²) in [5.74, 6) is -0.521. The topological polar surface area (TPSA) is 94.9 Å². The number of carbonyl (C=O) groups excluding carboxylic acids is 1. The van der Waals surface area contributed by atoms with Gasteiger partial charge in [0.05, 0.1) is 36.5 Å². The van der Waals surface area contributed by atoms with Crippen LogP contribution in [0.15, 0.2) is 61.2 Å². The van der Waals surface area contributed by atoms with Crippen molar-refractivity contribution in [3.8, 4) is 11.3 Å². The summed E-state index contributed by atoms with van der Waals surface area (Å²) in [5, 5.41) is 15.4. The lowest BCUT2D eigenvalue weighted by Crippen LogP contribution is -2.12. The monoisotopic (exact) mass is 476 g/mol. The van der Waals surface area contributed by atoms with Gasteiger partial charge < -0.3 is 5.32 Å². The maximum absolute atomic E-state index is 13.8. The van der Waals surface area contributed by atoms with Crippen LogP contribution in [0.4, 0.5) is 14.5 Å². The van der Waals surface area contributed by atoms with Crippen molar-refractivity contribution in [2.45, 2.75) is 33.4 Å². The molecule has 5 rings (SSSR count). The summed E-state index contributed by atoms with van der Waals surface area (Å²) in [4.78, 5) is 17.5. The molecule has 0 fully saturated rings. The molecule has 4 aromatic heterocycles. The number of amides is 1. The van der Waals surface area contributed by atoms with Crippen molar-refractivity contribution in [3.05, 3.63) is 83.7 Å². The molecular weight excluding hydrogens is 454 g/mol. The van der Waals surface area contributed by atoms with Crippen LogP contribution in [-0.2, 0) is 13.1 Å². The van der Waals surface area contributed by atoms with E-state index in [9.17, 15) is 13.6 Å². The van der Waals surface area contributed by atoms with Crippen LogP contribution in [0.2, 0.25) is 0 Å². The Morgan fingerprint density at radius 1 is 1.09 bits per heavy atom. The summed E-state index contributed by atoms with van der Waals surface area (Å²) < 4.78 is 32.2. The standard InChI is InChI=1S/C24H22F2N8O/c1-3-33-15(2)17(10-28-33)13-32-14-18(11-27-32)30-24(35)19-12-29-34-21(22(25)26)9-20(31-23(19)34)16-7-5-4-6-8-16/h4-12,14,22H,3,13H2,1-2H3,(H,30,35). The number of halogens is 2. The molecule has 0 aliphatic heterocycles. The molecule has 9 nitrogen and oxygen atoms in total. The van der Waals surface area contributed by atoms with E-state index in [4.69, 9.17) is 0 Å². The number of anilines is 1. The minimum atomic E-state index is -2.79. The molecule has 1 amide bonds. The molecule has 0 unspecified atom stereocenters. The summed E-state index contributed by atoms with van der Waals surface area (Å²) in [6.45, 7) is 5.29. The van der Waals surface area contributed by atoms with Crippen LogP contribution in [0.5, 0.6) is 0 Å². The molecule has 178 valence electrons. The molecule has 5 aromatic rings. The van der Waals surface area contributed by atoms with Crippen LogP contribution in [0.25, 0.3) is 16.9 Å². The number of nitrogens with one attached hydrogen (secondary N) is 1. The molecule has 0 saturated carbocycles. The third-order valence-electron chi connectivity index (χ3n) is 5.76. The molecule has 11 heteroatoms. The van der Waals surface area contributed by atoms with Crippen LogP contribution < -0.4 is 5.32 Å². The number of aryl methyl sites for hydroxylation is 1. The molecule has 1 aromatic carbocycles. The Hall–Kier alpha value is -4.41. The lowest BCUT2D eigenvalue weighted by molar-refractivity contribution is 0.102. The van der Waals surface area contributed by atoms with Gasteiger partial charge in [-0.15, -0.1) is 0 Å². The number of rotatable bonds is 7. The van der Waals surface area contributed by atoms with Crippen LogP contribution in [0.3, 0.4) is 0 Å². The Morgan fingerprint density at radius 3 is 2.60 bits per heavy atom. The van der Waals surface area contributed by atoms with Gasteiger partial charge in [0.2, 0.25) is 0 Å². The smallest absolute Gasteiger partial charge is 0.280 e. The van der Waals surface area contributed by atoms with Gasteiger partial charge in [-0.1, -0.05) is 30.3 Å². The average molecular weight is 476 g/mol. The highest BCUT2D eigenvalue weighted by Gasteiger charge is 2.22. The third kappa shape index (κ3) is 4.27. The molecule has 0 radical (unpaired) electrons. The molecule has 0 atom stereocenters. The van der Waals surface area contributed by atoms with Gasteiger partial charge >= 0.3 is 0 Å². The molecule has 0 saturated heterocycles. The van der Waals surface area contributed by atoms with Crippen molar-refractivity contribution in [1.82, 2.24) is 34.2 Å². The molecule has 0 aliphatic rings. The third-order valence-corrected chi connectivity index (χ3v) is 5.76. The van der Waals surface area contributed by atoms with Crippen LogP contribution >= 0.6 is 0 Å². The Labute approximate surface area is 199 Å². The number of fused-ring (bicyclic) bond motifs is 1. The fourth-order valence-electron chi connectivity index (χ4n) is 3.91. The van der Waals surface area contributed by atoms with E-state index >= 15 is 0 Å². The predicted octanol–water partition coefficient (Wildman–Crippen LogP) is 4.36. The number of hydrogen-bond donors (Lipinski definition) is 1. The van der Waals surface area contributed by atoms with E-state index in [0.29, 0.717) is 23.5 Å². The first kappa shape index (κ1) is 22.4. The highest BCUT2D eigenvalue weighted by Crippen LogP contribution is 2.27. The minimum absolute atomic E-state index is 0.0501. The number of nitrogens with zero attached hydrogens (tertiary/aromatic N) is 7. The second kappa shape index (κ2) is 9.09. The van der Waals surface area contributed by atoms with Gasteiger partial charge in [-0.3, -0.25) is 14.2 Å². The zero-order valence-corrected chi connectivity index (χ0v) is 19.1. The lowest BCUT2D eigenvalue weighted by atomic mass is 10.1. The van der Waals surface area contributed by atoms with Gasteiger partial charge in [-0.2, -0.15) is 15.3 Å². The zero-order valence-electron chi connectivity index (χ0n) is 19.1. The summed E-state index contributed by atoms with van der Waals surface area (Å²) in [5.41, 5.74) is 3.31. The summed E-state index contributed by atoms with van der Waals surface area (Å²) >= 11 is 0. The number of hydrogen-bond acceptors (Lipinski definition) is 5. The van der Waals surface area contributed by atoms with Gasteiger partial charge in [0, 0.05) is 29.6 Å². The minimum Gasteiger partial charge on any atom is -0.319 e. The van der Waals surface area contributed by atoms with E-state index in [1.165, 1.54) is 18.5 Å². The van der Waals surface area contributed by atoms with Crippen LogP contribution in [0.1, 0.15) is 40.7 Å². The molecule has 1 N–H and O–H groups in total. The van der Waals surface area contributed by atoms with Gasteiger partial charge in [0.25, 0.3) is 12.3 Å². The van der Waals surface area contributed by atoms with E-state index < -0.39 is 12.3 Å². The van der Waals surface area contributed by atoms with Crippen molar-refractivity contribution in [2.24, 2.45) is 0 Å². The molecule has 0 spiro atoms.